The van der Waals surface area contributed by atoms with Crippen LogP contribution in [0.3, 0.4) is 0 Å². The van der Waals surface area contributed by atoms with Crippen LogP contribution in [-0.4, -0.2) is 35.0 Å². The molecule has 2 aromatic rings. The summed E-state index contributed by atoms with van der Waals surface area (Å²) in [6, 6.07) is 12.6. The fraction of sp³-hybridized carbons (Fsp3) is 0.440. The molecule has 0 spiro atoms. The minimum atomic E-state index is -1.03. The van der Waals surface area contributed by atoms with E-state index in [0.29, 0.717) is 19.4 Å². The van der Waals surface area contributed by atoms with Gasteiger partial charge in [-0.05, 0) is 80.8 Å². The SMILES string of the molecule is CCC(C)(NC(=O)C(N)Cc1c(C)cc(O)cc1C)C(=O)NCCCc1ccccc1. The summed E-state index contributed by atoms with van der Waals surface area (Å²) < 4.78 is 0. The van der Waals surface area contributed by atoms with Crippen LogP contribution in [0.5, 0.6) is 5.75 Å². The molecule has 0 bridgehead atoms. The topological polar surface area (TPSA) is 104 Å². The Labute approximate surface area is 185 Å². The van der Waals surface area contributed by atoms with E-state index in [1.54, 1.807) is 19.1 Å². The van der Waals surface area contributed by atoms with Crippen LogP contribution in [-0.2, 0) is 22.4 Å². The van der Waals surface area contributed by atoms with Crippen LogP contribution in [0, 0.1) is 13.8 Å². The number of rotatable bonds is 10. The molecule has 6 nitrogen and oxygen atoms in total. The van der Waals surface area contributed by atoms with E-state index in [1.807, 2.05) is 39.0 Å². The molecule has 0 aliphatic carbocycles. The Morgan fingerprint density at radius 3 is 2.32 bits per heavy atom. The number of nitrogens with two attached hydrogens (primary N) is 1. The number of carbonyl (C=O) groups is 2. The van der Waals surface area contributed by atoms with E-state index in [4.69, 9.17) is 5.73 Å². The lowest BCUT2D eigenvalue weighted by Crippen LogP contribution is -2.59. The summed E-state index contributed by atoms with van der Waals surface area (Å²) in [6.07, 6.45) is 2.49. The van der Waals surface area contributed by atoms with Crippen molar-refractivity contribution < 1.29 is 14.7 Å². The molecule has 0 heterocycles. The third-order valence-electron chi connectivity index (χ3n) is 5.82. The summed E-state index contributed by atoms with van der Waals surface area (Å²) >= 11 is 0. The van der Waals surface area contributed by atoms with E-state index in [0.717, 1.165) is 29.5 Å². The van der Waals surface area contributed by atoms with Crippen molar-refractivity contribution in [3.8, 4) is 5.75 Å². The summed E-state index contributed by atoms with van der Waals surface area (Å²) in [5, 5.41) is 15.5. The number of phenols is 1. The van der Waals surface area contributed by atoms with Gasteiger partial charge in [-0.1, -0.05) is 37.3 Å². The lowest BCUT2D eigenvalue weighted by atomic mass is 9.93. The second-order valence-corrected chi connectivity index (χ2v) is 8.39. The fourth-order valence-corrected chi connectivity index (χ4v) is 3.61. The molecular formula is C25H35N3O3. The summed E-state index contributed by atoms with van der Waals surface area (Å²) in [5.41, 5.74) is 9.07. The first-order valence-corrected chi connectivity index (χ1v) is 10.8. The highest BCUT2D eigenvalue weighted by molar-refractivity contribution is 5.92. The Balaban J connectivity index is 1.91. The maximum absolute atomic E-state index is 12.8. The van der Waals surface area contributed by atoms with Gasteiger partial charge in [0.1, 0.15) is 11.3 Å². The molecule has 0 fully saturated rings. The predicted molar refractivity (Wildman–Crippen MR) is 124 cm³/mol. The number of amides is 2. The Bertz CT molecular complexity index is 875. The van der Waals surface area contributed by atoms with Crippen LogP contribution >= 0.6 is 0 Å². The van der Waals surface area contributed by atoms with Crippen molar-refractivity contribution in [3.05, 3.63) is 64.7 Å². The van der Waals surface area contributed by atoms with Gasteiger partial charge in [-0.15, -0.1) is 0 Å². The minimum Gasteiger partial charge on any atom is -0.508 e. The van der Waals surface area contributed by atoms with Gasteiger partial charge in [-0.25, -0.2) is 0 Å². The zero-order chi connectivity index (χ0) is 23.0. The molecule has 0 saturated carbocycles. The Kier molecular flexibility index (Phi) is 8.63. The number of aromatic hydroxyl groups is 1. The standard InChI is InChI=1S/C25H35N3O3/c1-5-25(4,24(31)27-13-9-12-19-10-7-6-8-11-19)28-23(30)22(26)16-21-17(2)14-20(29)15-18(21)3/h6-8,10-11,14-15,22,29H,5,9,12-13,16,26H2,1-4H3,(H,27,31)(H,28,30). The molecule has 5 N–H and O–H groups in total. The van der Waals surface area contributed by atoms with Gasteiger partial charge in [-0.2, -0.15) is 0 Å². The molecule has 6 heteroatoms. The number of aryl methyl sites for hydroxylation is 3. The van der Waals surface area contributed by atoms with Gasteiger partial charge in [0.05, 0.1) is 6.04 Å². The van der Waals surface area contributed by atoms with Gasteiger partial charge in [0.15, 0.2) is 0 Å². The maximum atomic E-state index is 12.8. The summed E-state index contributed by atoms with van der Waals surface area (Å²) in [6.45, 7) is 7.89. The van der Waals surface area contributed by atoms with Crippen LogP contribution in [0.4, 0.5) is 0 Å². The lowest BCUT2D eigenvalue weighted by Gasteiger charge is -2.30. The monoisotopic (exact) mass is 425 g/mol. The van der Waals surface area contributed by atoms with Gasteiger partial charge in [0.2, 0.25) is 11.8 Å². The first-order chi connectivity index (χ1) is 14.7. The summed E-state index contributed by atoms with van der Waals surface area (Å²) in [5.74, 6) is -0.379. The second-order valence-electron chi connectivity index (χ2n) is 8.39. The van der Waals surface area contributed by atoms with E-state index in [9.17, 15) is 14.7 Å². The summed E-state index contributed by atoms with van der Waals surface area (Å²) in [7, 11) is 0. The van der Waals surface area contributed by atoms with Crippen LogP contribution < -0.4 is 16.4 Å². The quantitative estimate of drug-likeness (QED) is 0.439. The van der Waals surface area contributed by atoms with Crippen molar-refractivity contribution in [1.29, 1.82) is 0 Å². The van der Waals surface area contributed by atoms with Crippen LogP contribution in [0.15, 0.2) is 42.5 Å². The third-order valence-corrected chi connectivity index (χ3v) is 5.82. The Morgan fingerprint density at radius 1 is 1.13 bits per heavy atom. The van der Waals surface area contributed by atoms with E-state index in [1.165, 1.54) is 5.56 Å². The number of nitrogens with one attached hydrogen (secondary N) is 2. The zero-order valence-electron chi connectivity index (χ0n) is 19.0. The molecule has 0 aliphatic rings. The number of hydrogen-bond acceptors (Lipinski definition) is 4. The predicted octanol–water partition coefficient (Wildman–Crippen LogP) is 2.91. The van der Waals surface area contributed by atoms with Gasteiger partial charge < -0.3 is 21.5 Å². The number of hydrogen-bond donors (Lipinski definition) is 4. The molecule has 2 rings (SSSR count). The van der Waals surface area contributed by atoms with E-state index in [2.05, 4.69) is 22.8 Å². The highest BCUT2D eigenvalue weighted by Gasteiger charge is 2.34. The molecule has 0 aromatic heterocycles. The maximum Gasteiger partial charge on any atom is 0.245 e. The van der Waals surface area contributed by atoms with E-state index < -0.39 is 11.6 Å². The molecule has 0 aliphatic heterocycles. The highest BCUT2D eigenvalue weighted by atomic mass is 16.3. The highest BCUT2D eigenvalue weighted by Crippen LogP contribution is 2.22. The zero-order valence-corrected chi connectivity index (χ0v) is 19.0. The molecule has 2 atom stereocenters. The van der Waals surface area contributed by atoms with Crippen molar-refractivity contribution in [3.63, 3.8) is 0 Å². The number of phenolic OH excluding ortho intramolecular Hbond substituents is 1. The average Bonchev–Trinajstić information content (AvgIpc) is 2.73. The largest absolute Gasteiger partial charge is 0.508 e. The van der Waals surface area contributed by atoms with E-state index >= 15 is 0 Å². The molecule has 31 heavy (non-hydrogen) atoms. The Hall–Kier alpha value is -2.86. The minimum absolute atomic E-state index is 0.194. The van der Waals surface area contributed by atoms with Crippen molar-refractivity contribution >= 4 is 11.8 Å². The van der Waals surface area contributed by atoms with Crippen molar-refractivity contribution in [2.45, 2.75) is 65.0 Å². The Morgan fingerprint density at radius 2 is 1.74 bits per heavy atom. The summed E-state index contributed by atoms with van der Waals surface area (Å²) in [4.78, 5) is 25.5. The van der Waals surface area contributed by atoms with Gasteiger partial charge in [-0.3, -0.25) is 9.59 Å². The van der Waals surface area contributed by atoms with Crippen molar-refractivity contribution in [2.75, 3.05) is 6.54 Å². The van der Waals surface area contributed by atoms with Crippen molar-refractivity contribution in [2.24, 2.45) is 5.73 Å². The normalized spacial score (nSPS) is 13.8. The number of benzene rings is 2. The van der Waals surface area contributed by atoms with Crippen molar-refractivity contribution in [1.82, 2.24) is 10.6 Å². The molecule has 2 amide bonds. The van der Waals surface area contributed by atoms with Gasteiger partial charge in [0.25, 0.3) is 0 Å². The third kappa shape index (κ3) is 6.82. The smallest absolute Gasteiger partial charge is 0.245 e. The first kappa shape index (κ1) is 24.4. The van der Waals surface area contributed by atoms with E-state index in [-0.39, 0.29) is 17.6 Å². The fourth-order valence-electron chi connectivity index (χ4n) is 3.61. The molecule has 2 unspecified atom stereocenters. The average molecular weight is 426 g/mol. The lowest BCUT2D eigenvalue weighted by molar-refractivity contribution is -0.133. The van der Waals surface area contributed by atoms with Crippen LogP contribution in [0.2, 0.25) is 0 Å². The van der Waals surface area contributed by atoms with Gasteiger partial charge >= 0.3 is 0 Å². The second kappa shape index (κ2) is 11.0. The van der Waals surface area contributed by atoms with Gasteiger partial charge in [0, 0.05) is 6.54 Å². The van der Waals surface area contributed by atoms with Crippen LogP contribution in [0.1, 0.15) is 48.9 Å². The molecule has 0 saturated heterocycles. The number of carbonyl (C=O) groups excluding carboxylic acids is 2. The van der Waals surface area contributed by atoms with Crippen LogP contribution in [0.25, 0.3) is 0 Å². The molecule has 168 valence electrons. The first-order valence-electron chi connectivity index (χ1n) is 10.8. The molecular weight excluding hydrogens is 390 g/mol. The molecule has 0 radical (unpaired) electrons. The molecule has 2 aromatic carbocycles.